The summed E-state index contributed by atoms with van der Waals surface area (Å²) in [6.07, 6.45) is 2.28. The number of halogens is 1. The quantitative estimate of drug-likeness (QED) is 0.456. The summed E-state index contributed by atoms with van der Waals surface area (Å²) in [7, 11) is 4.37. The Labute approximate surface area is 174 Å². The minimum atomic E-state index is 0.516. The van der Waals surface area contributed by atoms with Gasteiger partial charge in [0.1, 0.15) is 0 Å². The molecule has 3 heteroatoms. The summed E-state index contributed by atoms with van der Waals surface area (Å²) in [6.45, 7) is 9.95. The molecule has 0 N–H and O–H groups in total. The van der Waals surface area contributed by atoms with E-state index in [1.807, 2.05) is 0 Å². The second-order valence-electron chi connectivity index (χ2n) is 7.89. The van der Waals surface area contributed by atoms with Crippen LogP contribution in [0.4, 0.5) is 0 Å². The largest absolute Gasteiger partial charge is 0.308 e. The zero-order chi connectivity index (χ0) is 19.8. The first-order valence-electron chi connectivity index (χ1n) is 10.1. The molecule has 2 nitrogen and oxygen atoms in total. The van der Waals surface area contributed by atoms with E-state index in [0.717, 1.165) is 26.1 Å². The Morgan fingerprint density at radius 1 is 0.926 bits per heavy atom. The topological polar surface area (TPSA) is 6.48 Å². The van der Waals surface area contributed by atoms with Crippen molar-refractivity contribution in [1.82, 2.24) is 9.80 Å². The number of hydrogen-bond acceptors (Lipinski definition) is 2. The predicted octanol–water partition coefficient (Wildman–Crippen LogP) is 5.99. The van der Waals surface area contributed by atoms with E-state index in [-0.39, 0.29) is 0 Å². The van der Waals surface area contributed by atoms with E-state index >= 15 is 0 Å². The molecule has 148 valence electrons. The molecule has 0 unspecified atom stereocenters. The molecule has 2 aromatic rings. The van der Waals surface area contributed by atoms with Crippen LogP contribution in [0.3, 0.4) is 0 Å². The summed E-state index contributed by atoms with van der Waals surface area (Å²) in [6, 6.07) is 18.2. The Bertz CT molecular complexity index is 698. The first kappa shape index (κ1) is 22.1. The van der Waals surface area contributed by atoms with Gasteiger partial charge in [0.15, 0.2) is 0 Å². The minimum absolute atomic E-state index is 0.516. The fourth-order valence-corrected chi connectivity index (χ4v) is 4.03. The van der Waals surface area contributed by atoms with Gasteiger partial charge >= 0.3 is 0 Å². The summed E-state index contributed by atoms with van der Waals surface area (Å²) < 4.78 is 1.20. The van der Waals surface area contributed by atoms with Gasteiger partial charge in [-0.2, -0.15) is 0 Å². The maximum absolute atomic E-state index is 3.75. The molecule has 0 aliphatic heterocycles. The van der Waals surface area contributed by atoms with Crippen LogP contribution in [0.5, 0.6) is 0 Å². The van der Waals surface area contributed by atoms with Gasteiger partial charge in [-0.05, 0) is 49.2 Å². The van der Waals surface area contributed by atoms with Crippen LogP contribution < -0.4 is 0 Å². The van der Waals surface area contributed by atoms with Crippen LogP contribution in [0.25, 0.3) is 0 Å². The molecular weight excluding hydrogens is 396 g/mol. The standard InChI is InChI=1S/C24H35BrN2/c1-6-19(3)24(18-26(4)5)27(17-22-13-8-9-14-23(22)25)16-21-12-10-11-20(7-2)15-21/h8-15,19,24H,6-7,16-18H2,1-5H3/t19-,24+/m0/s1. The maximum Gasteiger partial charge on any atom is 0.0255 e. The van der Waals surface area contributed by atoms with Gasteiger partial charge in [-0.1, -0.05) is 85.6 Å². The fraction of sp³-hybridized carbons (Fsp3) is 0.500. The molecule has 0 saturated carbocycles. The van der Waals surface area contributed by atoms with Crippen LogP contribution in [-0.4, -0.2) is 36.5 Å². The van der Waals surface area contributed by atoms with E-state index in [0.29, 0.717) is 12.0 Å². The molecule has 0 heterocycles. The van der Waals surface area contributed by atoms with Crippen molar-refractivity contribution >= 4 is 15.9 Å². The zero-order valence-electron chi connectivity index (χ0n) is 17.6. The molecule has 0 fully saturated rings. The number of aryl methyl sites for hydroxylation is 1. The van der Waals surface area contributed by atoms with Gasteiger partial charge in [0.25, 0.3) is 0 Å². The molecule has 0 radical (unpaired) electrons. The van der Waals surface area contributed by atoms with E-state index in [4.69, 9.17) is 0 Å². The van der Waals surface area contributed by atoms with Gasteiger partial charge in [-0.25, -0.2) is 0 Å². The lowest BCUT2D eigenvalue weighted by molar-refractivity contribution is 0.102. The first-order chi connectivity index (χ1) is 12.9. The average molecular weight is 431 g/mol. The Balaban J connectivity index is 2.34. The second kappa shape index (κ2) is 11.0. The molecule has 2 rings (SSSR count). The predicted molar refractivity (Wildman–Crippen MR) is 121 cm³/mol. The van der Waals surface area contributed by atoms with Crippen LogP contribution in [0.1, 0.15) is 43.9 Å². The highest BCUT2D eigenvalue weighted by atomic mass is 79.9. The number of likely N-dealkylation sites (N-methyl/N-ethyl adjacent to an activating group) is 1. The van der Waals surface area contributed by atoms with Crippen molar-refractivity contribution in [1.29, 1.82) is 0 Å². The molecule has 0 aliphatic carbocycles. The van der Waals surface area contributed by atoms with Crippen LogP contribution >= 0.6 is 15.9 Å². The number of hydrogen-bond donors (Lipinski definition) is 0. The van der Waals surface area contributed by atoms with Gasteiger partial charge in [0.2, 0.25) is 0 Å². The van der Waals surface area contributed by atoms with Crippen molar-refractivity contribution in [3.05, 3.63) is 69.7 Å². The molecule has 0 bridgehead atoms. The number of rotatable bonds is 10. The third-order valence-corrected chi connectivity index (χ3v) is 6.21. The van der Waals surface area contributed by atoms with E-state index < -0.39 is 0 Å². The summed E-state index contributed by atoms with van der Waals surface area (Å²) in [5.41, 5.74) is 4.19. The highest BCUT2D eigenvalue weighted by Crippen LogP contribution is 2.25. The van der Waals surface area contributed by atoms with E-state index in [1.54, 1.807) is 0 Å². The van der Waals surface area contributed by atoms with Crippen molar-refractivity contribution in [2.75, 3.05) is 20.6 Å². The van der Waals surface area contributed by atoms with Crippen LogP contribution in [0, 0.1) is 5.92 Å². The summed E-state index contributed by atoms with van der Waals surface area (Å²) in [5.74, 6) is 0.643. The maximum atomic E-state index is 3.75. The molecule has 2 aromatic carbocycles. The van der Waals surface area contributed by atoms with Gasteiger partial charge < -0.3 is 4.90 Å². The molecule has 0 saturated heterocycles. The molecule has 0 aromatic heterocycles. The van der Waals surface area contributed by atoms with Gasteiger partial charge in [-0.15, -0.1) is 0 Å². The highest BCUT2D eigenvalue weighted by Gasteiger charge is 2.25. The normalized spacial score (nSPS) is 13.9. The minimum Gasteiger partial charge on any atom is -0.308 e. The lowest BCUT2D eigenvalue weighted by atomic mass is 9.95. The third kappa shape index (κ3) is 6.74. The van der Waals surface area contributed by atoms with Crippen LogP contribution in [-0.2, 0) is 19.5 Å². The van der Waals surface area contributed by atoms with Gasteiger partial charge in [0, 0.05) is 30.1 Å². The van der Waals surface area contributed by atoms with Crippen molar-refractivity contribution in [2.45, 2.75) is 52.7 Å². The number of nitrogens with zero attached hydrogens (tertiary/aromatic N) is 2. The van der Waals surface area contributed by atoms with Crippen LogP contribution in [0.2, 0.25) is 0 Å². The Hall–Kier alpha value is -1.16. The lowest BCUT2D eigenvalue weighted by Crippen LogP contribution is -2.45. The molecule has 0 aliphatic rings. The van der Waals surface area contributed by atoms with Crippen molar-refractivity contribution in [3.8, 4) is 0 Å². The molecule has 2 atom stereocenters. The van der Waals surface area contributed by atoms with Crippen molar-refractivity contribution in [2.24, 2.45) is 5.92 Å². The second-order valence-corrected chi connectivity index (χ2v) is 8.74. The SMILES string of the molecule is CCc1cccc(CN(Cc2ccccc2Br)[C@H](CN(C)C)[C@@H](C)CC)c1. The third-order valence-electron chi connectivity index (χ3n) is 5.44. The zero-order valence-corrected chi connectivity index (χ0v) is 19.2. The molecule has 0 amide bonds. The van der Waals surface area contributed by atoms with Crippen LogP contribution in [0.15, 0.2) is 53.0 Å². The van der Waals surface area contributed by atoms with E-state index in [1.165, 1.54) is 27.6 Å². The lowest BCUT2D eigenvalue weighted by Gasteiger charge is -2.37. The Morgan fingerprint density at radius 2 is 1.63 bits per heavy atom. The average Bonchev–Trinajstić information content (AvgIpc) is 2.66. The Kier molecular flexibility index (Phi) is 9.01. The molecular formula is C24H35BrN2. The van der Waals surface area contributed by atoms with Crippen molar-refractivity contribution < 1.29 is 0 Å². The van der Waals surface area contributed by atoms with E-state index in [2.05, 4.69) is 109 Å². The molecule has 27 heavy (non-hydrogen) atoms. The smallest absolute Gasteiger partial charge is 0.0255 e. The number of benzene rings is 2. The summed E-state index contributed by atoms with van der Waals surface area (Å²) >= 11 is 3.75. The summed E-state index contributed by atoms with van der Waals surface area (Å²) in [5, 5.41) is 0. The first-order valence-corrected chi connectivity index (χ1v) is 10.9. The van der Waals surface area contributed by atoms with E-state index in [9.17, 15) is 0 Å². The van der Waals surface area contributed by atoms with Gasteiger partial charge in [-0.3, -0.25) is 4.90 Å². The van der Waals surface area contributed by atoms with Crippen molar-refractivity contribution in [3.63, 3.8) is 0 Å². The fourth-order valence-electron chi connectivity index (χ4n) is 3.62. The monoisotopic (exact) mass is 430 g/mol. The van der Waals surface area contributed by atoms with Gasteiger partial charge in [0.05, 0.1) is 0 Å². The highest BCUT2D eigenvalue weighted by molar-refractivity contribution is 9.10. The Morgan fingerprint density at radius 3 is 2.26 bits per heavy atom. The summed E-state index contributed by atoms with van der Waals surface area (Å²) in [4.78, 5) is 5.00. The molecule has 0 spiro atoms.